The van der Waals surface area contributed by atoms with Gasteiger partial charge in [-0.15, -0.1) is 0 Å². The smallest absolute Gasteiger partial charge is 0.235 e. The number of ether oxygens (including phenoxy) is 1. The van der Waals surface area contributed by atoms with E-state index in [0.717, 1.165) is 49.2 Å². The van der Waals surface area contributed by atoms with Crippen molar-refractivity contribution in [3.05, 3.63) is 59.1 Å². The van der Waals surface area contributed by atoms with E-state index in [1.165, 1.54) is 25.9 Å². The topological polar surface area (TPSA) is 41.6 Å². The quantitative estimate of drug-likeness (QED) is 0.673. The highest BCUT2D eigenvalue weighted by molar-refractivity contribution is 6.30. The molecule has 2 fully saturated rings. The third-order valence-electron chi connectivity index (χ3n) is 6.28. The number of nitrogens with zero attached hydrogens (tertiary/aromatic N) is 1. The molecule has 2 aromatic rings. The molecule has 4 nitrogen and oxygen atoms in total. The summed E-state index contributed by atoms with van der Waals surface area (Å²) in [6.07, 6.45) is 6.48. The number of rotatable bonds is 7. The van der Waals surface area contributed by atoms with E-state index in [1.807, 2.05) is 48.5 Å². The van der Waals surface area contributed by atoms with Gasteiger partial charge in [-0.3, -0.25) is 9.69 Å². The molecule has 1 aliphatic heterocycles. The number of amides is 1. The SMILES string of the molecule is O=C(Nc1ccc(OCCN2CCCC2)cc1)C1(c2ccc(Cl)cc2)CCCC1. The third kappa shape index (κ3) is 4.76. The monoisotopic (exact) mass is 412 g/mol. The zero-order valence-electron chi connectivity index (χ0n) is 16.8. The minimum absolute atomic E-state index is 0.0695. The summed E-state index contributed by atoms with van der Waals surface area (Å²) in [5, 5.41) is 3.83. The predicted octanol–water partition coefficient (Wildman–Crippen LogP) is 5.27. The maximum absolute atomic E-state index is 13.2. The van der Waals surface area contributed by atoms with E-state index in [-0.39, 0.29) is 5.91 Å². The molecule has 29 heavy (non-hydrogen) atoms. The van der Waals surface area contributed by atoms with Gasteiger partial charge in [0.15, 0.2) is 0 Å². The van der Waals surface area contributed by atoms with E-state index in [2.05, 4.69) is 10.2 Å². The molecule has 154 valence electrons. The van der Waals surface area contributed by atoms with Crippen molar-refractivity contribution in [3.63, 3.8) is 0 Å². The summed E-state index contributed by atoms with van der Waals surface area (Å²) >= 11 is 6.05. The van der Waals surface area contributed by atoms with Crippen LogP contribution in [0, 0.1) is 0 Å². The van der Waals surface area contributed by atoms with Gasteiger partial charge in [0, 0.05) is 17.3 Å². The maximum Gasteiger partial charge on any atom is 0.235 e. The molecule has 2 aliphatic rings. The lowest BCUT2D eigenvalue weighted by molar-refractivity contribution is -0.121. The minimum Gasteiger partial charge on any atom is -0.492 e. The van der Waals surface area contributed by atoms with Crippen LogP contribution in [0.15, 0.2) is 48.5 Å². The van der Waals surface area contributed by atoms with Crippen molar-refractivity contribution in [3.8, 4) is 5.75 Å². The fourth-order valence-corrected chi connectivity index (χ4v) is 4.70. The molecule has 5 heteroatoms. The molecule has 0 unspecified atom stereocenters. The van der Waals surface area contributed by atoms with Gasteiger partial charge in [0.05, 0.1) is 5.41 Å². The molecule has 1 saturated heterocycles. The Kier molecular flexibility index (Phi) is 6.41. The Morgan fingerprint density at radius 2 is 1.62 bits per heavy atom. The summed E-state index contributed by atoms with van der Waals surface area (Å²) in [5.41, 5.74) is 1.40. The Morgan fingerprint density at radius 3 is 2.28 bits per heavy atom. The molecular formula is C24H29ClN2O2. The van der Waals surface area contributed by atoms with Crippen LogP contribution in [0.1, 0.15) is 44.1 Å². The number of likely N-dealkylation sites (tertiary alicyclic amines) is 1. The first kappa shape index (κ1) is 20.2. The summed E-state index contributed by atoms with van der Waals surface area (Å²) in [4.78, 5) is 15.7. The summed E-state index contributed by atoms with van der Waals surface area (Å²) in [6.45, 7) is 4.04. The molecule has 4 rings (SSSR count). The van der Waals surface area contributed by atoms with E-state index >= 15 is 0 Å². The number of halogens is 1. The van der Waals surface area contributed by atoms with Crippen molar-refractivity contribution < 1.29 is 9.53 Å². The van der Waals surface area contributed by atoms with Gasteiger partial charge in [-0.2, -0.15) is 0 Å². The van der Waals surface area contributed by atoms with E-state index in [0.29, 0.717) is 11.6 Å². The van der Waals surface area contributed by atoms with Gasteiger partial charge in [-0.25, -0.2) is 0 Å². The van der Waals surface area contributed by atoms with Crippen molar-refractivity contribution in [2.24, 2.45) is 0 Å². The molecule has 0 atom stereocenters. The highest BCUT2D eigenvalue weighted by Gasteiger charge is 2.42. The maximum atomic E-state index is 13.2. The normalized spacial score (nSPS) is 18.7. The van der Waals surface area contributed by atoms with Gasteiger partial charge in [-0.05, 0) is 80.7 Å². The van der Waals surface area contributed by atoms with Gasteiger partial charge < -0.3 is 10.1 Å². The first-order valence-corrected chi connectivity index (χ1v) is 11.1. The molecule has 1 heterocycles. The average molecular weight is 413 g/mol. The van der Waals surface area contributed by atoms with Crippen molar-refractivity contribution in [2.75, 3.05) is 31.6 Å². The standard InChI is InChI=1S/C24H29ClN2O2/c25-20-7-5-19(6-8-20)24(13-1-2-14-24)23(28)26-21-9-11-22(12-10-21)29-18-17-27-15-3-4-16-27/h5-12H,1-4,13-18H2,(H,26,28). The Balaban J connectivity index is 1.37. The lowest BCUT2D eigenvalue weighted by Crippen LogP contribution is -2.37. The predicted molar refractivity (Wildman–Crippen MR) is 118 cm³/mol. The Hall–Kier alpha value is -2.04. The Morgan fingerprint density at radius 1 is 0.966 bits per heavy atom. The van der Waals surface area contributed by atoms with Gasteiger partial charge in [0.2, 0.25) is 5.91 Å². The zero-order valence-corrected chi connectivity index (χ0v) is 17.6. The minimum atomic E-state index is -0.463. The largest absolute Gasteiger partial charge is 0.492 e. The fourth-order valence-electron chi connectivity index (χ4n) is 4.58. The highest BCUT2D eigenvalue weighted by atomic mass is 35.5. The number of hydrogen-bond donors (Lipinski definition) is 1. The van der Waals surface area contributed by atoms with Crippen LogP contribution in [0.2, 0.25) is 5.02 Å². The van der Waals surface area contributed by atoms with Crippen LogP contribution < -0.4 is 10.1 Å². The number of carbonyl (C=O) groups excluding carboxylic acids is 1. The van der Waals surface area contributed by atoms with E-state index in [9.17, 15) is 4.79 Å². The van der Waals surface area contributed by atoms with Crippen LogP contribution in [0.25, 0.3) is 0 Å². The number of carbonyl (C=O) groups is 1. The molecular weight excluding hydrogens is 384 g/mol. The van der Waals surface area contributed by atoms with Crippen LogP contribution in [-0.4, -0.2) is 37.0 Å². The van der Waals surface area contributed by atoms with Crippen molar-refractivity contribution in [1.82, 2.24) is 4.90 Å². The molecule has 1 N–H and O–H groups in total. The van der Waals surface area contributed by atoms with Crippen molar-refractivity contribution >= 4 is 23.2 Å². The first-order chi connectivity index (χ1) is 14.2. The number of anilines is 1. The second-order valence-electron chi connectivity index (χ2n) is 8.17. The van der Waals surface area contributed by atoms with Crippen LogP contribution in [0.4, 0.5) is 5.69 Å². The summed E-state index contributed by atoms with van der Waals surface area (Å²) in [7, 11) is 0. The summed E-state index contributed by atoms with van der Waals surface area (Å²) in [5.74, 6) is 0.913. The molecule has 0 bridgehead atoms. The van der Waals surface area contributed by atoms with Gasteiger partial charge in [0.25, 0.3) is 0 Å². The van der Waals surface area contributed by atoms with Gasteiger partial charge in [0.1, 0.15) is 12.4 Å². The number of benzene rings is 2. The molecule has 0 spiro atoms. The second-order valence-corrected chi connectivity index (χ2v) is 8.61. The summed E-state index contributed by atoms with van der Waals surface area (Å²) in [6, 6.07) is 15.4. The number of hydrogen-bond acceptors (Lipinski definition) is 3. The second kappa shape index (κ2) is 9.19. The summed E-state index contributed by atoms with van der Waals surface area (Å²) < 4.78 is 5.86. The zero-order chi connectivity index (χ0) is 20.1. The number of nitrogens with one attached hydrogen (secondary N) is 1. The molecule has 1 amide bonds. The van der Waals surface area contributed by atoms with Gasteiger partial charge in [-0.1, -0.05) is 36.6 Å². The Bertz CT molecular complexity index is 808. The van der Waals surface area contributed by atoms with Crippen molar-refractivity contribution in [1.29, 1.82) is 0 Å². The first-order valence-electron chi connectivity index (χ1n) is 10.7. The van der Waals surface area contributed by atoms with Crippen molar-refractivity contribution in [2.45, 2.75) is 43.9 Å². The molecule has 0 radical (unpaired) electrons. The highest BCUT2D eigenvalue weighted by Crippen LogP contribution is 2.42. The molecule has 1 aliphatic carbocycles. The van der Waals surface area contributed by atoms with Gasteiger partial charge >= 0.3 is 0 Å². The van der Waals surface area contributed by atoms with E-state index in [4.69, 9.17) is 16.3 Å². The van der Waals surface area contributed by atoms with Crippen LogP contribution in [0.5, 0.6) is 5.75 Å². The van der Waals surface area contributed by atoms with Crippen LogP contribution in [-0.2, 0) is 10.2 Å². The lowest BCUT2D eigenvalue weighted by atomic mass is 9.78. The van der Waals surface area contributed by atoms with Crippen LogP contribution >= 0.6 is 11.6 Å². The fraction of sp³-hybridized carbons (Fsp3) is 0.458. The Labute approximate surface area is 178 Å². The van der Waals surface area contributed by atoms with E-state index in [1.54, 1.807) is 0 Å². The molecule has 0 aromatic heterocycles. The lowest BCUT2D eigenvalue weighted by Gasteiger charge is -2.28. The molecule has 2 aromatic carbocycles. The molecule has 1 saturated carbocycles. The third-order valence-corrected chi connectivity index (χ3v) is 6.53. The average Bonchev–Trinajstić information content (AvgIpc) is 3.43. The van der Waals surface area contributed by atoms with Crippen LogP contribution in [0.3, 0.4) is 0 Å². The van der Waals surface area contributed by atoms with E-state index < -0.39 is 5.41 Å².